The number of ketones is 1. The lowest BCUT2D eigenvalue weighted by Gasteiger charge is -2.09. The molecule has 1 heterocycles. The smallest absolute Gasteiger partial charge is 0.306 e. The van der Waals surface area contributed by atoms with Crippen LogP contribution in [0.2, 0.25) is 0 Å². The summed E-state index contributed by atoms with van der Waals surface area (Å²) in [6, 6.07) is 5.56. The SMILES string of the molecule is Cc1ccc(C(=O)C2CCC(=O)O2)cc1C. The maximum absolute atomic E-state index is 12.0. The molecule has 1 fully saturated rings. The van der Waals surface area contributed by atoms with Gasteiger partial charge in [0, 0.05) is 18.4 Å². The van der Waals surface area contributed by atoms with E-state index in [9.17, 15) is 9.59 Å². The minimum Gasteiger partial charge on any atom is -0.454 e. The zero-order valence-electron chi connectivity index (χ0n) is 9.45. The highest BCUT2D eigenvalue weighted by atomic mass is 16.6. The summed E-state index contributed by atoms with van der Waals surface area (Å²) in [7, 11) is 0. The lowest BCUT2D eigenvalue weighted by molar-refractivity contribution is -0.140. The summed E-state index contributed by atoms with van der Waals surface area (Å²) < 4.78 is 4.96. The zero-order chi connectivity index (χ0) is 11.7. The van der Waals surface area contributed by atoms with Crippen molar-refractivity contribution in [2.75, 3.05) is 0 Å². The molecule has 0 aliphatic carbocycles. The van der Waals surface area contributed by atoms with Crippen molar-refractivity contribution in [3.63, 3.8) is 0 Å². The molecule has 3 nitrogen and oxygen atoms in total. The van der Waals surface area contributed by atoms with E-state index in [1.54, 1.807) is 6.07 Å². The number of carbonyl (C=O) groups excluding carboxylic acids is 2. The Morgan fingerprint density at radius 2 is 2.06 bits per heavy atom. The van der Waals surface area contributed by atoms with Gasteiger partial charge in [0.15, 0.2) is 6.10 Å². The van der Waals surface area contributed by atoms with E-state index >= 15 is 0 Å². The first-order valence-corrected chi connectivity index (χ1v) is 5.39. The summed E-state index contributed by atoms with van der Waals surface area (Å²) in [4.78, 5) is 22.9. The minimum absolute atomic E-state index is 0.0889. The summed E-state index contributed by atoms with van der Waals surface area (Å²) >= 11 is 0. The highest BCUT2D eigenvalue weighted by molar-refractivity contribution is 6.01. The van der Waals surface area contributed by atoms with E-state index in [0.717, 1.165) is 11.1 Å². The molecule has 1 aliphatic heterocycles. The molecule has 84 valence electrons. The maximum Gasteiger partial charge on any atom is 0.306 e. The largest absolute Gasteiger partial charge is 0.454 e. The van der Waals surface area contributed by atoms with Gasteiger partial charge in [-0.05, 0) is 31.0 Å². The highest BCUT2D eigenvalue weighted by Crippen LogP contribution is 2.19. The third kappa shape index (κ3) is 1.98. The van der Waals surface area contributed by atoms with Crippen LogP contribution in [-0.4, -0.2) is 17.9 Å². The zero-order valence-corrected chi connectivity index (χ0v) is 9.45. The third-order valence-electron chi connectivity index (χ3n) is 2.97. The van der Waals surface area contributed by atoms with Gasteiger partial charge in [-0.2, -0.15) is 0 Å². The van der Waals surface area contributed by atoms with Crippen molar-refractivity contribution in [3.05, 3.63) is 34.9 Å². The van der Waals surface area contributed by atoms with Crippen molar-refractivity contribution in [1.29, 1.82) is 0 Å². The predicted octanol–water partition coefficient (Wildman–Crippen LogP) is 2.19. The van der Waals surface area contributed by atoms with E-state index in [1.165, 1.54) is 0 Å². The second-order valence-electron chi connectivity index (χ2n) is 4.18. The highest BCUT2D eigenvalue weighted by Gasteiger charge is 2.30. The Kier molecular flexibility index (Phi) is 2.77. The topological polar surface area (TPSA) is 43.4 Å². The van der Waals surface area contributed by atoms with Crippen LogP contribution in [0.15, 0.2) is 18.2 Å². The van der Waals surface area contributed by atoms with Crippen LogP contribution in [0.1, 0.15) is 34.3 Å². The molecule has 3 heteroatoms. The number of benzene rings is 1. The number of ether oxygens (including phenoxy) is 1. The molecule has 0 N–H and O–H groups in total. The monoisotopic (exact) mass is 218 g/mol. The average molecular weight is 218 g/mol. The first-order chi connectivity index (χ1) is 7.58. The number of Topliss-reactive ketones (excluding diaryl/α,β-unsaturated/α-hetero) is 1. The van der Waals surface area contributed by atoms with Gasteiger partial charge in [0.25, 0.3) is 0 Å². The Hall–Kier alpha value is -1.64. The Morgan fingerprint density at radius 3 is 2.62 bits per heavy atom. The number of hydrogen-bond donors (Lipinski definition) is 0. The van der Waals surface area contributed by atoms with E-state index in [1.807, 2.05) is 26.0 Å². The molecule has 1 atom stereocenters. The van der Waals surface area contributed by atoms with E-state index in [2.05, 4.69) is 0 Å². The molecule has 16 heavy (non-hydrogen) atoms. The summed E-state index contributed by atoms with van der Waals surface area (Å²) in [5, 5.41) is 0. The molecule has 1 saturated heterocycles. The fourth-order valence-electron chi connectivity index (χ4n) is 1.79. The van der Waals surface area contributed by atoms with E-state index in [-0.39, 0.29) is 11.8 Å². The van der Waals surface area contributed by atoms with Gasteiger partial charge in [-0.15, -0.1) is 0 Å². The van der Waals surface area contributed by atoms with Gasteiger partial charge in [-0.25, -0.2) is 0 Å². The summed E-state index contributed by atoms with van der Waals surface area (Å²) in [5.74, 6) is -0.365. The van der Waals surface area contributed by atoms with Crippen molar-refractivity contribution >= 4 is 11.8 Å². The maximum atomic E-state index is 12.0. The number of aryl methyl sites for hydroxylation is 2. The molecule has 0 bridgehead atoms. The number of carbonyl (C=O) groups is 2. The number of esters is 1. The second-order valence-corrected chi connectivity index (χ2v) is 4.18. The van der Waals surface area contributed by atoms with Crippen LogP contribution in [-0.2, 0) is 9.53 Å². The van der Waals surface area contributed by atoms with Crippen LogP contribution in [0.25, 0.3) is 0 Å². The number of hydrogen-bond acceptors (Lipinski definition) is 3. The fraction of sp³-hybridized carbons (Fsp3) is 0.385. The summed E-state index contributed by atoms with van der Waals surface area (Å²) in [6.07, 6.45) is 0.279. The van der Waals surface area contributed by atoms with Gasteiger partial charge in [-0.1, -0.05) is 12.1 Å². The van der Waals surface area contributed by atoms with Crippen molar-refractivity contribution < 1.29 is 14.3 Å². The predicted molar refractivity (Wildman–Crippen MR) is 59.4 cm³/mol. The Morgan fingerprint density at radius 1 is 1.31 bits per heavy atom. The van der Waals surface area contributed by atoms with Gasteiger partial charge in [0.1, 0.15) is 0 Å². The molecule has 1 aromatic carbocycles. The summed E-state index contributed by atoms with van der Waals surface area (Å²) in [5.41, 5.74) is 2.86. The van der Waals surface area contributed by atoms with Crippen molar-refractivity contribution in [1.82, 2.24) is 0 Å². The van der Waals surface area contributed by atoms with Crippen LogP contribution in [0.3, 0.4) is 0 Å². The first kappa shape index (κ1) is 10.9. The fourth-order valence-corrected chi connectivity index (χ4v) is 1.79. The van der Waals surface area contributed by atoms with Crippen molar-refractivity contribution in [2.24, 2.45) is 0 Å². The van der Waals surface area contributed by atoms with Gasteiger partial charge < -0.3 is 4.74 Å². The van der Waals surface area contributed by atoms with E-state index in [4.69, 9.17) is 4.74 Å². The molecule has 1 unspecified atom stereocenters. The van der Waals surface area contributed by atoms with Crippen LogP contribution in [0, 0.1) is 13.8 Å². The van der Waals surface area contributed by atoms with Gasteiger partial charge in [0.2, 0.25) is 5.78 Å². The van der Waals surface area contributed by atoms with Gasteiger partial charge in [0.05, 0.1) is 0 Å². The molecule has 1 aromatic rings. The van der Waals surface area contributed by atoms with Gasteiger partial charge in [-0.3, -0.25) is 9.59 Å². The third-order valence-corrected chi connectivity index (χ3v) is 2.97. The van der Waals surface area contributed by atoms with E-state index in [0.29, 0.717) is 18.4 Å². The lowest BCUT2D eigenvalue weighted by Crippen LogP contribution is -2.20. The molecule has 1 aliphatic rings. The molecular formula is C13H14O3. The summed E-state index contributed by atoms with van der Waals surface area (Å²) in [6.45, 7) is 3.96. The number of cyclic esters (lactones) is 1. The first-order valence-electron chi connectivity index (χ1n) is 5.39. The van der Waals surface area contributed by atoms with Crippen LogP contribution < -0.4 is 0 Å². The molecular weight excluding hydrogens is 204 g/mol. The molecule has 0 amide bonds. The molecule has 0 radical (unpaired) electrons. The van der Waals surface area contributed by atoms with Crippen LogP contribution >= 0.6 is 0 Å². The normalized spacial score (nSPS) is 19.6. The Bertz CT molecular complexity index is 448. The standard InChI is InChI=1S/C13H14O3/c1-8-3-4-10(7-9(8)2)13(15)11-5-6-12(14)16-11/h3-4,7,11H,5-6H2,1-2H3. The van der Waals surface area contributed by atoms with Crippen molar-refractivity contribution in [2.45, 2.75) is 32.8 Å². The molecule has 0 saturated carbocycles. The Balaban J connectivity index is 2.21. The molecule has 0 aromatic heterocycles. The minimum atomic E-state index is -0.574. The number of rotatable bonds is 2. The molecule has 0 spiro atoms. The second kappa shape index (κ2) is 4.08. The van der Waals surface area contributed by atoms with E-state index < -0.39 is 6.10 Å². The van der Waals surface area contributed by atoms with Gasteiger partial charge >= 0.3 is 5.97 Å². The van der Waals surface area contributed by atoms with Crippen LogP contribution in [0.5, 0.6) is 0 Å². The lowest BCUT2D eigenvalue weighted by atomic mass is 10.00. The quantitative estimate of drug-likeness (QED) is 0.564. The molecule has 2 rings (SSSR count). The van der Waals surface area contributed by atoms with Crippen molar-refractivity contribution in [3.8, 4) is 0 Å². The van der Waals surface area contributed by atoms with Crippen LogP contribution in [0.4, 0.5) is 0 Å². The Labute approximate surface area is 94.4 Å². The average Bonchev–Trinajstić information content (AvgIpc) is 2.68.